The number of rotatable bonds is 13. The van der Waals surface area contributed by atoms with Gasteiger partial charge in [0.15, 0.2) is 0 Å². The standard InChI is InChI=1S/C17H25N3O6/c1-2-3-4-5-9-12-15(19(23)24)13-17(16(21)22,20(25)26)18-14-10-7-6-8-11-14/h6-8,10-11,15,18H,2-5,9,12-13H2,1H3,(H,21,22). The monoisotopic (exact) mass is 367 g/mol. The number of anilines is 1. The van der Waals surface area contributed by atoms with Gasteiger partial charge in [-0.15, -0.1) is 0 Å². The minimum absolute atomic E-state index is 0.107. The van der Waals surface area contributed by atoms with Crippen LogP contribution in [0.1, 0.15) is 51.9 Å². The summed E-state index contributed by atoms with van der Waals surface area (Å²) in [7, 11) is 0. The molecule has 2 unspecified atom stereocenters. The normalized spacial score (nSPS) is 14.2. The van der Waals surface area contributed by atoms with Gasteiger partial charge < -0.3 is 10.4 Å². The van der Waals surface area contributed by atoms with Crippen LogP contribution in [0.25, 0.3) is 0 Å². The highest BCUT2D eigenvalue weighted by atomic mass is 16.6. The van der Waals surface area contributed by atoms with E-state index < -0.39 is 33.9 Å². The summed E-state index contributed by atoms with van der Waals surface area (Å²) >= 11 is 0. The molecule has 0 aromatic heterocycles. The predicted octanol–water partition coefficient (Wildman–Crippen LogP) is 3.55. The molecule has 9 nitrogen and oxygen atoms in total. The van der Waals surface area contributed by atoms with Gasteiger partial charge >= 0.3 is 11.6 Å². The number of unbranched alkanes of at least 4 members (excludes halogenated alkanes) is 4. The highest BCUT2D eigenvalue weighted by molar-refractivity contribution is 5.80. The minimum Gasteiger partial charge on any atom is -0.474 e. The maximum Gasteiger partial charge on any atom is 0.405 e. The van der Waals surface area contributed by atoms with E-state index in [1.807, 2.05) is 6.92 Å². The molecule has 9 heteroatoms. The van der Waals surface area contributed by atoms with E-state index in [1.54, 1.807) is 18.2 Å². The number of carbonyl (C=O) groups is 1. The Morgan fingerprint density at radius 2 is 1.77 bits per heavy atom. The van der Waals surface area contributed by atoms with Crippen LogP contribution in [-0.2, 0) is 4.79 Å². The summed E-state index contributed by atoms with van der Waals surface area (Å²) in [6.07, 6.45) is 3.67. The molecule has 1 aromatic carbocycles. The Hall–Kier alpha value is -2.71. The van der Waals surface area contributed by atoms with Crippen molar-refractivity contribution in [2.24, 2.45) is 0 Å². The van der Waals surface area contributed by atoms with Crippen molar-refractivity contribution in [3.8, 4) is 0 Å². The lowest BCUT2D eigenvalue weighted by Gasteiger charge is -2.24. The SMILES string of the molecule is CCCCCCCC(CC(Nc1ccccc1)(C(=O)O)[N+](=O)[O-])[N+](=O)[O-]. The third-order valence-corrected chi connectivity index (χ3v) is 4.26. The summed E-state index contributed by atoms with van der Waals surface area (Å²) in [5, 5.41) is 34.8. The molecule has 144 valence electrons. The van der Waals surface area contributed by atoms with Crippen molar-refractivity contribution in [3.63, 3.8) is 0 Å². The van der Waals surface area contributed by atoms with Crippen LogP contribution in [0.4, 0.5) is 5.69 Å². The van der Waals surface area contributed by atoms with Crippen LogP contribution in [0.3, 0.4) is 0 Å². The molecule has 0 fully saturated rings. The van der Waals surface area contributed by atoms with Crippen molar-refractivity contribution in [1.82, 2.24) is 0 Å². The van der Waals surface area contributed by atoms with E-state index in [-0.39, 0.29) is 12.1 Å². The van der Waals surface area contributed by atoms with Crippen LogP contribution in [0.15, 0.2) is 30.3 Å². The molecular formula is C17H25N3O6. The zero-order valence-corrected chi connectivity index (χ0v) is 14.8. The Morgan fingerprint density at radius 3 is 2.27 bits per heavy atom. The van der Waals surface area contributed by atoms with Crippen LogP contribution >= 0.6 is 0 Å². The van der Waals surface area contributed by atoms with E-state index in [9.17, 15) is 30.1 Å². The van der Waals surface area contributed by atoms with Crippen molar-refractivity contribution in [3.05, 3.63) is 50.6 Å². The molecule has 0 bridgehead atoms. The number of nitrogens with zero attached hydrogens (tertiary/aromatic N) is 2. The largest absolute Gasteiger partial charge is 0.474 e. The van der Waals surface area contributed by atoms with E-state index in [4.69, 9.17) is 0 Å². The molecule has 0 aliphatic rings. The van der Waals surface area contributed by atoms with Gasteiger partial charge in [0.1, 0.15) is 6.42 Å². The fourth-order valence-corrected chi connectivity index (χ4v) is 2.76. The van der Waals surface area contributed by atoms with Gasteiger partial charge in [-0.25, -0.2) is 4.79 Å². The second-order valence-electron chi connectivity index (χ2n) is 6.26. The molecule has 0 saturated heterocycles. The topological polar surface area (TPSA) is 136 Å². The number of aliphatic carboxylic acids is 1. The Kier molecular flexibility index (Phi) is 8.47. The lowest BCUT2D eigenvalue weighted by Crippen LogP contribution is -2.56. The molecule has 0 radical (unpaired) electrons. The van der Waals surface area contributed by atoms with Crippen LogP contribution in [0.5, 0.6) is 0 Å². The van der Waals surface area contributed by atoms with Crippen LogP contribution < -0.4 is 5.32 Å². The quantitative estimate of drug-likeness (QED) is 0.235. The van der Waals surface area contributed by atoms with E-state index in [2.05, 4.69) is 5.32 Å². The molecule has 0 saturated carbocycles. The van der Waals surface area contributed by atoms with Crippen molar-refractivity contribution < 1.29 is 19.7 Å². The molecular weight excluding hydrogens is 342 g/mol. The number of benzene rings is 1. The second kappa shape index (κ2) is 10.3. The van der Waals surface area contributed by atoms with E-state index in [0.29, 0.717) is 6.42 Å². The summed E-state index contributed by atoms with van der Waals surface area (Å²) < 4.78 is 0. The zero-order valence-electron chi connectivity index (χ0n) is 14.8. The molecule has 0 spiro atoms. The van der Waals surface area contributed by atoms with Gasteiger partial charge in [0.05, 0.1) is 4.92 Å². The number of carboxylic acids is 1. The Bertz CT molecular complexity index is 594. The predicted molar refractivity (Wildman–Crippen MR) is 96.2 cm³/mol. The molecule has 26 heavy (non-hydrogen) atoms. The first-order chi connectivity index (χ1) is 12.3. The van der Waals surface area contributed by atoms with Gasteiger partial charge in [-0.1, -0.05) is 50.8 Å². The fraction of sp³-hybridized carbons (Fsp3) is 0.588. The van der Waals surface area contributed by atoms with Crippen molar-refractivity contribution in [2.45, 2.75) is 63.6 Å². The summed E-state index contributed by atoms with van der Waals surface area (Å²) in [6, 6.07) is 6.51. The zero-order chi connectivity index (χ0) is 19.6. The van der Waals surface area contributed by atoms with Crippen molar-refractivity contribution in [2.75, 3.05) is 5.32 Å². The number of nitrogens with one attached hydrogen (secondary N) is 1. The van der Waals surface area contributed by atoms with E-state index in [1.165, 1.54) is 12.1 Å². The molecule has 0 aliphatic carbocycles. The van der Waals surface area contributed by atoms with Crippen LogP contribution in [0.2, 0.25) is 0 Å². The molecule has 0 heterocycles. The maximum absolute atomic E-state index is 11.7. The van der Waals surface area contributed by atoms with Gasteiger partial charge in [0, 0.05) is 17.0 Å². The van der Waals surface area contributed by atoms with Crippen molar-refractivity contribution in [1.29, 1.82) is 0 Å². The Morgan fingerprint density at radius 1 is 1.15 bits per heavy atom. The summed E-state index contributed by atoms with van der Waals surface area (Å²) in [5.74, 6) is -1.75. The van der Waals surface area contributed by atoms with E-state index in [0.717, 1.165) is 25.7 Å². The minimum atomic E-state index is -2.65. The second-order valence-corrected chi connectivity index (χ2v) is 6.26. The molecule has 2 N–H and O–H groups in total. The lowest BCUT2D eigenvalue weighted by molar-refractivity contribution is -0.576. The molecule has 1 aromatic rings. The van der Waals surface area contributed by atoms with Crippen LogP contribution in [0, 0.1) is 20.2 Å². The highest BCUT2D eigenvalue weighted by Gasteiger charge is 2.55. The third-order valence-electron chi connectivity index (χ3n) is 4.26. The number of hydrogen-bond donors (Lipinski definition) is 2. The lowest BCUT2D eigenvalue weighted by atomic mass is 9.96. The van der Waals surface area contributed by atoms with Gasteiger partial charge in [-0.05, 0) is 18.6 Å². The summed E-state index contributed by atoms with van der Waals surface area (Å²) in [5.41, 5.74) is -2.43. The Labute approximate surface area is 151 Å². The first kappa shape index (κ1) is 21.3. The van der Waals surface area contributed by atoms with E-state index >= 15 is 0 Å². The third kappa shape index (κ3) is 5.98. The summed E-state index contributed by atoms with van der Waals surface area (Å²) in [6.45, 7) is 2.05. The fourth-order valence-electron chi connectivity index (χ4n) is 2.76. The average molecular weight is 367 g/mol. The molecule has 0 aliphatic heterocycles. The molecule has 1 rings (SSSR count). The van der Waals surface area contributed by atoms with Gasteiger partial charge in [-0.3, -0.25) is 20.2 Å². The summed E-state index contributed by atoms with van der Waals surface area (Å²) in [4.78, 5) is 33.0. The number of nitro groups is 2. The van der Waals surface area contributed by atoms with Gasteiger partial charge in [0.2, 0.25) is 6.04 Å². The van der Waals surface area contributed by atoms with Gasteiger partial charge in [0.25, 0.3) is 0 Å². The van der Waals surface area contributed by atoms with Crippen LogP contribution in [-0.4, -0.2) is 32.6 Å². The number of para-hydroxylation sites is 1. The number of carboxylic acid groups (broad SMARTS) is 1. The van der Waals surface area contributed by atoms with Gasteiger partial charge in [-0.2, -0.15) is 0 Å². The molecule has 0 amide bonds. The van der Waals surface area contributed by atoms with Crippen molar-refractivity contribution >= 4 is 11.7 Å². The first-order valence-corrected chi connectivity index (χ1v) is 8.68. The Balaban J connectivity index is 2.95. The highest BCUT2D eigenvalue weighted by Crippen LogP contribution is 2.25. The average Bonchev–Trinajstić information content (AvgIpc) is 2.59. The maximum atomic E-state index is 11.7. The molecule has 2 atom stereocenters. The number of hydrogen-bond acceptors (Lipinski definition) is 6. The smallest absolute Gasteiger partial charge is 0.405 e. The first-order valence-electron chi connectivity index (χ1n) is 8.68.